The van der Waals surface area contributed by atoms with E-state index in [2.05, 4.69) is 19.9 Å². The summed E-state index contributed by atoms with van der Waals surface area (Å²) in [4.78, 5) is 29.0. The molecule has 142 valence electrons. The summed E-state index contributed by atoms with van der Waals surface area (Å²) < 4.78 is 14.4. The normalized spacial score (nSPS) is 11.4. The first-order valence-electron chi connectivity index (χ1n) is 8.72. The molecule has 0 unspecified atom stereocenters. The smallest absolute Gasteiger partial charge is 0.209 e. The molecule has 0 aliphatic heterocycles. The lowest BCUT2D eigenvalue weighted by atomic mass is 10.0. The number of halogens is 2. The van der Waals surface area contributed by atoms with Crippen LogP contribution in [0.25, 0.3) is 43.9 Å². The molecule has 0 spiro atoms. The number of aromatic amines is 1. The van der Waals surface area contributed by atoms with Crippen LogP contribution in [-0.4, -0.2) is 19.9 Å². The number of thiazole rings is 1. The molecule has 2 aromatic carbocycles. The number of H-pyrrole nitrogens is 1. The standard InChI is InChI=1S/C21H12ClFN4OS/c1-10-25-19-14(22)8-12(9-16(19)29-10)18-17(11-2-4-13(23)5-3-11)27-21-20(26-18)15(28)6-7-24-21/h2-9H,1H3,(H,24,27,28). The van der Waals surface area contributed by atoms with Crippen molar-refractivity contribution in [3.8, 4) is 22.5 Å². The van der Waals surface area contributed by atoms with Crippen LogP contribution in [0.1, 0.15) is 5.01 Å². The molecular weight excluding hydrogens is 411 g/mol. The molecule has 0 bridgehead atoms. The van der Waals surface area contributed by atoms with E-state index in [9.17, 15) is 9.18 Å². The minimum atomic E-state index is -0.345. The molecule has 29 heavy (non-hydrogen) atoms. The maximum atomic E-state index is 13.5. The van der Waals surface area contributed by atoms with Gasteiger partial charge in [-0.15, -0.1) is 11.3 Å². The number of nitrogens with one attached hydrogen (secondary N) is 1. The lowest BCUT2D eigenvalue weighted by molar-refractivity contribution is 0.628. The average molecular weight is 423 g/mol. The molecule has 0 aliphatic rings. The van der Waals surface area contributed by atoms with Gasteiger partial charge in [-0.05, 0) is 43.3 Å². The van der Waals surface area contributed by atoms with Crippen molar-refractivity contribution in [3.63, 3.8) is 0 Å². The molecule has 5 nitrogen and oxygen atoms in total. The zero-order chi connectivity index (χ0) is 20.1. The number of aryl methyl sites for hydroxylation is 1. The molecule has 5 rings (SSSR count). The van der Waals surface area contributed by atoms with E-state index in [1.54, 1.807) is 18.2 Å². The van der Waals surface area contributed by atoms with Crippen molar-refractivity contribution < 1.29 is 4.39 Å². The number of benzene rings is 2. The first-order valence-corrected chi connectivity index (χ1v) is 9.91. The van der Waals surface area contributed by atoms with E-state index in [0.29, 0.717) is 33.2 Å². The highest BCUT2D eigenvalue weighted by molar-refractivity contribution is 7.18. The Morgan fingerprint density at radius 3 is 2.52 bits per heavy atom. The first kappa shape index (κ1) is 17.9. The highest BCUT2D eigenvalue weighted by Crippen LogP contribution is 2.36. The van der Waals surface area contributed by atoms with Crippen molar-refractivity contribution in [2.75, 3.05) is 0 Å². The van der Waals surface area contributed by atoms with E-state index in [4.69, 9.17) is 11.6 Å². The third-order valence-electron chi connectivity index (χ3n) is 4.53. The van der Waals surface area contributed by atoms with E-state index >= 15 is 0 Å². The number of aromatic nitrogens is 4. The topological polar surface area (TPSA) is 71.5 Å². The summed E-state index contributed by atoms with van der Waals surface area (Å²) >= 11 is 8.00. The fourth-order valence-electron chi connectivity index (χ4n) is 3.23. The summed E-state index contributed by atoms with van der Waals surface area (Å²) in [5.41, 5.74) is 3.49. The van der Waals surface area contributed by atoms with Gasteiger partial charge in [-0.2, -0.15) is 0 Å². The van der Waals surface area contributed by atoms with Crippen molar-refractivity contribution in [2.24, 2.45) is 0 Å². The Morgan fingerprint density at radius 1 is 0.966 bits per heavy atom. The molecule has 0 radical (unpaired) electrons. The molecular formula is C21H12ClFN4OS. The highest BCUT2D eigenvalue weighted by Gasteiger charge is 2.17. The Hall–Kier alpha value is -3.16. The zero-order valence-electron chi connectivity index (χ0n) is 15.0. The average Bonchev–Trinajstić information content (AvgIpc) is 3.09. The number of pyridine rings is 1. The van der Waals surface area contributed by atoms with Gasteiger partial charge >= 0.3 is 0 Å². The second kappa shape index (κ2) is 6.72. The molecule has 8 heteroatoms. The molecule has 0 atom stereocenters. The first-order chi connectivity index (χ1) is 14.0. The van der Waals surface area contributed by atoms with Crippen molar-refractivity contribution in [3.05, 3.63) is 74.7 Å². The molecule has 5 aromatic rings. The fourth-order valence-corrected chi connectivity index (χ4v) is 4.44. The predicted octanol–water partition coefficient (Wildman–Crippen LogP) is 5.36. The van der Waals surface area contributed by atoms with Crippen LogP contribution in [0.3, 0.4) is 0 Å². The summed E-state index contributed by atoms with van der Waals surface area (Å²) in [5, 5.41) is 1.40. The lowest BCUT2D eigenvalue weighted by Crippen LogP contribution is -2.06. The van der Waals surface area contributed by atoms with E-state index < -0.39 is 0 Å². The summed E-state index contributed by atoms with van der Waals surface area (Å²) in [7, 11) is 0. The van der Waals surface area contributed by atoms with Gasteiger partial charge in [0, 0.05) is 23.4 Å². The second-order valence-electron chi connectivity index (χ2n) is 6.50. The van der Waals surface area contributed by atoms with Gasteiger partial charge in [-0.25, -0.2) is 19.3 Å². The monoisotopic (exact) mass is 422 g/mol. The van der Waals surface area contributed by atoms with Gasteiger partial charge < -0.3 is 4.98 Å². The summed E-state index contributed by atoms with van der Waals surface area (Å²) in [6.45, 7) is 1.92. The van der Waals surface area contributed by atoms with E-state index in [1.807, 2.05) is 13.0 Å². The number of hydrogen-bond acceptors (Lipinski definition) is 5. The summed E-state index contributed by atoms with van der Waals surface area (Å²) in [6, 6.07) is 11.1. The van der Waals surface area contributed by atoms with Gasteiger partial charge in [-0.3, -0.25) is 4.79 Å². The molecule has 0 amide bonds. The number of rotatable bonds is 2. The van der Waals surface area contributed by atoms with E-state index in [0.717, 1.165) is 15.2 Å². The molecule has 3 aromatic heterocycles. The van der Waals surface area contributed by atoms with Gasteiger partial charge in [0.1, 0.15) is 11.3 Å². The van der Waals surface area contributed by atoms with Crippen LogP contribution in [0, 0.1) is 12.7 Å². The third kappa shape index (κ3) is 3.08. The van der Waals surface area contributed by atoms with E-state index in [1.165, 1.54) is 35.7 Å². The molecule has 0 aliphatic carbocycles. The van der Waals surface area contributed by atoms with Crippen molar-refractivity contribution in [1.29, 1.82) is 0 Å². The molecule has 3 heterocycles. The van der Waals surface area contributed by atoms with Crippen LogP contribution in [0.2, 0.25) is 5.02 Å². The largest absolute Gasteiger partial charge is 0.345 e. The van der Waals surface area contributed by atoms with Gasteiger partial charge in [-0.1, -0.05) is 11.6 Å². The minimum Gasteiger partial charge on any atom is -0.345 e. The Kier molecular flexibility index (Phi) is 4.15. The molecule has 0 saturated carbocycles. The van der Waals surface area contributed by atoms with Gasteiger partial charge in [0.15, 0.2) is 11.2 Å². The van der Waals surface area contributed by atoms with Gasteiger partial charge in [0.05, 0.1) is 26.1 Å². The fraction of sp³-hybridized carbons (Fsp3) is 0.0476. The van der Waals surface area contributed by atoms with Crippen molar-refractivity contribution >= 4 is 44.3 Å². The quantitative estimate of drug-likeness (QED) is 0.415. The number of nitrogens with zero attached hydrogens (tertiary/aromatic N) is 3. The maximum absolute atomic E-state index is 13.5. The van der Waals surface area contributed by atoms with Crippen LogP contribution >= 0.6 is 22.9 Å². The van der Waals surface area contributed by atoms with Gasteiger partial charge in [0.2, 0.25) is 5.43 Å². The Morgan fingerprint density at radius 2 is 1.72 bits per heavy atom. The van der Waals surface area contributed by atoms with Crippen LogP contribution in [0.15, 0.2) is 53.5 Å². The Bertz CT molecular complexity index is 1460. The maximum Gasteiger partial charge on any atom is 0.209 e. The zero-order valence-corrected chi connectivity index (χ0v) is 16.6. The summed E-state index contributed by atoms with van der Waals surface area (Å²) in [6.07, 6.45) is 1.52. The van der Waals surface area contributed by atoms with Crippen LogP contribution in [0.4, 0.5) is 4.39 Å². The number of fused-ring (bicyclic) bond motifs is 2. The predicted molar refractivity (Wildman–Crippen MR) is 114 cm³/mol. The SMILES string of the molecule is Cc1nc2c(Cl)cc(-c3nc4c(=O)cc[nH]c4nc3-c3ccc(F)cc3)cc2s1. The van der Waals surface area contributed by atoms with Crippen molar-refractivity contribution in [2.45, 2.75) is 6.92 Å². The highest BCUT2D eigenvalue weighted by atomic mass is 35.5. The van der Waals surface area contributed by atoms with Gasteiger partial charge in [0.25, 0.3) is 0 Å². The Labute approximate surface area is 172 Å². The van der Waals surface area contributed by atoms with Crippen LogP contribution < -0.4 is 5.43 Å². The minimum absolute atomic E-state index is 0.227. The van der Waals surface area contributed by atoms with Crippen molar-refractivity contribution in [1.82, 2.24) is 19.9 Å². The molecule has 0 fully saturated rings. The molecule has 1 N–H and O–H groups in total. The number of hydrogen-bond donors (Lipinski definition) is 1. The summed E-state index contributed by atoms with van der Waals surface area (Å²) in [5.74, 6) is -0.345. The third-order valence-corrected chi connectivity index (χ3v) is 5.74. The Balaban J connectivity index is 1.86. The lowest BCUT2D eigenvalue weighted by Gasteiger charge is -2.11. The van der Waals surface area contributed by atoms with Crippen LogP contribution in [0.5, 0.6) is 0 Å². The second-order valence-corrected chi connectivity index (χ2v) is 8.15. The van der Waals surface area contributed by atoms with Crippen LogP contribution in [-0.2, 0) is 0 Å². The molecule has 0 saturated heterocycles. The van der Waals surface area contributed by atoms with E-state index in [-0.39, 0.29) is 16.8 Å².